The normalized spacial score (nSPS) is 15.8. The largest absolute Gasteiger partial charge is 0.480 e. The number of nitrogens with one attached hydrogen (secondary N) is 4. The van der Waals surface area contributed by atoms with Gasteiger partial charge in [0.25, 0.3) is 0 Å². The third-order valence-corrected chi connectivity index (χ3v) is 3.24. The number of carboxylic acid groups (broad SMARTS) is 1. The van der Waals surface area contributed by atoms with E-state index >= 15 is 0 Å². The van der Waals surface area contributed by atoms with Crippen molar-refractivity contribution in [2.75, 3.05) is 19.7 Å². The Hall–Kier alpha value is -1.57. The van der Waals surface area contributed by atoms with Gasteiger partial charge in [-0.15, -0.1) is 0 Å². The first-order chi connectivity index (χ1) is 11.2. The van der Waals surface area contributed by atoms with E-state index in [1.807, 2.05) is 0 Å². The molecule has 1 unspecified atom stereocenters. The second-order valence-electron chi connectivity index (χ2n) is 5.22. The van der Waals surface area contributed by atoms with Crippen LogP contribution in [-0.2, 0) is 9.59 Å². The number of primary amides is 1. The van der Waals surface area contributed by atoms with E-state index in [2.05, 4.69) is 21.5 Å². The number of nitrogens with two attached hydrogens (primary N) is 2. The fourth-order valence-electron chi connectivity index (χ4n) is 1.54. The number of hydrazine groups is 1. The summed E-state index contributed by atoms with van der Waals surface area (Å²) < 4.78 is 0. The molecular formula is C12H26N6O5S. The minimum absolute atomic E-state index is 0.0369. The standard InChI is InChI=1S/C12H26N6O5S/c1-6(20)8(13)4-16-15-3-7(2-10(14)21)17-12(24)18-9(5-19)11(22)23/h6-9,15-16,19-20H,2-5,13H2,1H3,(H2,14,21)(H,22,23)(H2,17,18,24)/t6?,7-,8+,9-/m0/s1. The average Bonchev–Trinajstić information content (AvgIpc) is 2.47. The van der Waals surface area contributed by atoms with Gasteiger partial charge in [0.1, 0.15) is 6.04 Å². The van der Waals surface area contributed by atoms with Crippen LogP contribution in [0, 0.1) is 0 Å². The van der Waals surface area contributed by atoms with Crippen LogP contribution in [0.5, 0.6) is 0 Å². The predicted molar refractivity (Wildman–Crippen MR) is 90.6 cm³/mol. The van der Waals surface area contributed by atoms with Crippen molar-refractivity contribution in [3.8, 4) is 0 Å². The topological polar surface area (TPSA) is 195 Å². The van der Waals surface area contributed by atoms with Crippen LogP contribution in [-0.4, -0.2) is 76.2 Å². The molecule has 11 N–H and O–H groups in total. The molecule has 0 saturated carbocycles. The number of hydrogen-bond donors (Lipinski definition) is 9. The van der Waals surface area contributed by atoms with Gasteiger partial charge in [-0.2, -0.15) is 0 Å². The van der Waals surface area contributed by atoms with E-state index in [1.54, 1.807) is 6.92 Å². The summed E-state index contributed by atoms with van der Waals surface area (Å²) in [4.78, 5) is 21.9. The molecule has 0 aliphatic carbocycles. The molecule has 0 aliphatic rings. The molecule has 0 fully saturated rings. The highest BCUT2D eigenvalue weighted by molar-refractivity contribution is 7.80. The smallest absolute Gasteiger partial charge is 0.328 e. The van der Waals surface area contributed by atoms with Gasteiger partial charge in [-0.3, -0.25) is 15.6 Å². The molecule has 0 rings (SSSR count). The summed E-state index contributed by atoms with van der Waals surface area (Å²) in [6.07, 6.45) is -0.738. The molecule has 24 heavy (non-hydrogen) atoms. The quantitative estimate of drug-likeness (QED) is 0.0926. The van der Waals surface area contributed by atoms with Crippen molar-refractivity contribution < 1.29 is 24.9 Å². The van der Waals surface area contributed by atoms with Crippen LogP contribution < -0.4 is 33.0 Å². The lowest BCUT2D eigenvalue weighted by Crippen LogP contribution is -2.55. The Morgan fingerprint density at radius 3 is 2.25 bits per heavy atom. The number of amides is 1. The van der Waals surface area contributed by atoms with Crippen LogP contribution in [0.2, 0.25) is 0 Å². The summed E-state index contributed by atoms with van der Waals surface area (Å²) in [5.74, 6) is -1.84. The molecule has 0 radical (unpaired) electrons. The van der Waals surface area contributed by atoms with E-state index in [4.69, 9.17) is 33.9 Å². The van der Waals surface area contributed by atoms with Gasteiger partial charge in [-0.25, -0.2) is 4.79 Å². The lowest BCUT2D eigenvalue weighted by atomic mass is 10.2. The van der Waals surface area contributed by atoms with Crippen molar-refractivity contribution in [3.63, 3.8) is 0 Å². The molecule has 140 valence electrons. The van der Waals surface area contributed by atoms with Gasteiger partial charge < -0.3 is 37.4 Å². The molecular weight excluding hydrogens is 340 g/mol. The minimum Gasteiger partial charge on any atom is -0.480 e. The monoisotopic (exact) mass is 366 g/mol. The SMILES string of the molecule is CC(O)[C@H](N)CNNC[C@H](CC(N)=O)NC(=S)N[C@@H](CO)C(=O)O. The Labute approximate surface area is 145 Å². The number of aliphatic carboxylic acids is 1. The van der Waals surface area contributed by atoms with Gasteiger partial charge in [0.2, 0.25) is 5.91 Å². The van der Waals surface area contributed by atoms with E-state index in [-0.39, 0.29) is 24.6 Å². The van der Waals surface area contributed by atoms with Gasteiger partial charge in [0, 0.05) is 25.6 Å². The molecule has 0 bridgehead atoms. The Morgan fingerprint density at radius 1 is 1.21 bits per heavy atom. The van der Waals surface area contributed by atoms with Crippen LogP contribution in [0.25, 0.3) is 0 Å². The Kier molecular flexibility index (Phi) is 11.1. The zero-order chi connectivity index (χ0) is 18.7. The lowest BCUT2D eigenvalue weighted by molar-refractivity contribution is -0.140. The number of carbonyl (C=O) groups is 2. The summed E-state index contributed by atoms with van der Waals surface area (Å²) in [6.45, 7) is 1.42. The average molecular weight is 366 g/mol. The highest BCUT2D eigenvalue weighted by Gasteiger charge is 2.19. The Morgan fingerprint density at radius 2 is 1.79 bits per heavy atom. The summed E-state index contributed by atoms with van der Waals surface area (Å²) in [6, 6.07) is -2.25. The maximum absolute atomic E-state index is 11.1. The van der Waals surface area contributed by atoms with Gasteiger partial charge in [-0.05, 0) is 19.1 Å². The fraction of sp³-hybridized carbons (Fsp3) is 0.750. The fourth-order valence-corrected chi connectivity index (χ4v) is 1.85. The molecule has 1 amide bonds. The van der Waals surface area contributed by atoms with Crippen molar-refractivity contribution in [2.45, 2.75) is 37.6 Å². The number of carboxylic acids is 1. The molecule has 0 aliphatic heterocycles. The van der Waals surface area contributed by atoms with E-state index in [9.17, 15) is 14.7 Å². The van der Waals surface area contributed by atoms with E-state index in [1.165, 1.54) is 0 Å². The lowest BCUT2D eigenvalue weighted by Gasteiger charge is -2.23. The number of carbonyl (C=O) groups excluding carboxylic acids is 1. The highest BCUT2D eigenvalue weighted by Crippen LogP contribution is 1.92. The van der Waals surface area contributed by atoms with E-state index in [0.717, 1.165) is 0 Å². The predicted octanol–water partition coefficient (Wildman–Crippen LogP) is -4.06. The van der Waals surface area contributed by atoms with Gasteiger partial charge in [0.15, 0.2) is 5.11 Å². The first-order valence-corrected chi connectivity index (χ1v) is 7.66. The maximum Gasteiger partial charge on any atom is 0.328 e. The molecule has 0 spiro atoms. The third-order valence-electron chi connectivity index (χ3n) is 3.00. The maximum atomic E-state index is 11.1. The van der Waals surface area contributed by atoms with Crippen LogP contribution in [0.15, 0.2) is 0 Å². The summed E-state index contributed by atoms with van der Waals surface area (Å²) in [5.41, 5.74) is 16.4. The number of thiocarbonyl (C=S) groups is 1. The molecule has 0 aromatic rings. The van der Waals surface area contributed by atoms with E-state index in [0.29, 0.717) is 0 Å². The first kappa shape index (κ1) is 22.4. The number of aliphatic hydroxyl groups is 2. The molecule has 4 atom stereocenters. The van der Waals surface area contributed by atoms with Crippen LogP contribution in [0.3, 0.4) is 0 Å². The second kappa shape index (κ2) is 11.9. The van der Waals surface area contributed by atoms with Gasteiger partial charge >= 0.3 is 5.97 Å². The second-order valence-corrected chi connectivity index (χ2v) is 5.63. The zero-order valence-corrected chi connectivity index (χ0v) is 14.2. The van der Waals surface area contributed by atoms with Crippen molar-refractivity contribution in [1.29, 1.82) is 0 Å². The zero-order valence-electron chi connectivity index (χ0n) is 13.4. The Bertz CT molecular complexity index is 425. The van der Waals surface area contributed by atoms with Crippen molar-refractivity contribution in [1.82, 2.24) is 21.5 Å². The molecule has 0 aromatic carbocycles. The van der Waals surface area contributed by atoms with Crippen molar-refractivity contribution in [2.24, 2.45) is 11.5 Å². The van der Waals surface area contributed by atoms with Crippen LogP contribution in [0.1, 0.15) is 13.3 Å². The van der Waals surface area contributed by atoms with Crippen molar-refractivity contribution in [3.05, 3.63) is 0 Å². The summed E-state index contributed by atoms with van der Waals surface area (Å²) in [7, 11) is 0. The minimum atomic E-state index is -1.26. The first-order valence-electron chi connectivity index (χ1n) is 7.25. The molecule has 0 aromatic heterocycles. The number of rotatable bonds is 12. The molecule has 11 nitrogen and oxygen atoms in total. The molecule has 0 saturated heterocycles. The molecule has 12 heteroatoms. The third kappa shape index (κ3) is 10.3. The molecule has 0 heterocycles. The summed E-state index contributed by atoms with van der Waals surface area (Å²) in [5, 5.41) is 32.1. The summed E-state index contributed by atoms with van der Waals surface area (Å²) >= 11 is 4.95. The number of aliphatic hydroxyl groups excluding tert-OH is 2. The van der Waals surface area contributed by atoms with Crippen LogP contribution in [0.4, 0.5) is 0 Å². The highest BCUT2D eigenvalue weighted by atomic mass is 32.1. The van der Waals surface area contributed by atoms with E-state index < -0.39 is 42.7 Å². The Balaban J connectivity index is 4.37. The van der Waals surface area contributed by atoms with Crippen LogP contribution >= 0.6 is 12.2 Å². The van der Waals surface area contributed by atoms with Gasteiger partial charge in [0.05, 0.1) is 18.8 Å². The van der Waals surface area contributed by atoms with Gasteiger partial charge in [-0.1, -0.05) is 0 Å². The number of hydrogen-bond acceptors (Lipinski definition) is 8. The van der Waals surface area contributed by atoms with Crippen molar-refractivity contribution >= 4 is 29.2 Å².